The first-order chi connectivity index (χ1) is 13.0. The van der Waals surface area contributed by atoms with Gasteiger partial charge >= 0.3 is 0 Å². The van der Waals surface area contributed by atoms with Crippen LogP contribution in [0.5, 0.6) is 0 Å². The number of aryl methyl sites for hydroxylation is 2. The number of rotatable bonds is 5. The summed E-state index contributed by atoms with van der Waals surface area (Å²) in [6.45, 7) is 6.31. The van der Waals surface area contributed by atoms with Gasteiger partial charge < -0.3 is 9.80 Å². The van der Waals surface area contributed by atoms with Crippen molar-refractivity contribution < 1.29 is 14.0 Å². The minimum atomic E-state index is -0.355. The molecule has 0 N–H and O–H groups in total. The first-order valence-corrected chi connectivity index (χ1v) is 10.3. The molecule has 3 rings (SSSR count). The molecule has 1 fully saturated rings. The standard InChI is InChI=1S/C21H25FN2O2S/c1-3-5-18-15(4-2)14-19(27-18)21(26)24-12-10-23(11-13-24)20(25)16-6-8-17(22)9-7-16/h6-9,14H,3-5,10-13H2,1-2H3. The molecule has 6 heteroatoms. The van der Waals surface area contributed by atoms with E-state index >= 15 is 0 Å². The maximum atomic E-state index is 13.0. The number of hydrogen-bond acceptors (Lipinski definition) is 3. The Balaban J connectivity index is 1.62. The van der Waals surface area contributed by atoms with Gasteiger partial charge in [-0.3, -0.25) is 9.59 Å². The first kappa shape index (κ1) is 19.5. The molecule has 0 atom stereocenters. The quantitative estimate of drug-likeness (QED) is 0.777. The molecule has 2 amide bonds. The third kappa shape index (κ3) is 4.38. The van der Waals surface area contributed by atoms with E-state index in [9.17, 15) is 14.0 Å². The van der Waals surface area contributed by atoms with Crippen LogP contribution in [0.2, 0.25) is 0 Å². The van der Waals surface area contributed by atoms with E-state index in [0.717, 1.165) is 24.1 Å². The average Bonchev–Trinajstić information content (AvgIpc) is 3.11. The van der Waals surface area contributed by atoms with Gasteiger partial charge in [-0.15, -0.1) is 11.3 Å². The van der Waals surface area contributed by atoms with E-state index in [1.165, 1.54) is 34.7 Å². The van der Waals surface area contributed by atoms with Crippen molar-refractivity contribution in [3.05, 3.63) is 57.0 Å². The van der Waals surface area contributed by atoms with Crippen molar-refractivity contribution in [2.24, 2.45) is 0 Å². The van der Waals surface area contributed by atoms with E-state index in [4.69, 9.17) is 0 Å². The van der Waals surface area contributed by atoms with Crippen LogP contribution in [0, 0.1) is 5.82 Å². The Morgan fingerprint density at radius 2 is 1.59 bits per heavy atom. The Morgan fingerprint density at radius 3 is 2.15 bits per heavy atom. The summed E-state index contributed by atoms with van der Waals surface area (Å²) >= 11 is 1.61. The molecule has 0 unspecified atom stereocenters. The zero-order chi connectivity index (χ0) is 19.4. The number of thiophene rings is 1. The summed E-state index contributed by atoms with van der Waals surface area (Å²) < 4.78 is 13.0. The lowest BCUT2D eigenvalue weighted by Gasteiger charge is -2.34. The molecule has 144 valence electrons. The fourth-order valence-corrected chi connectivity index (χ4v) is 4.68. The normalized spacial score (nSPS) is 14.5. The monoisotopic (exact) mass is 388 g/mol. The second-order valence-corrected chi connectivity index (χ2v) is 7.89. The number of piperazine rings is 1. The van der Waals surface area contributed by atoms with Crippen LogP contribution in [0.1, 0.15) is 50.7 Å². The highest BCUT2D eigenvalue weighted by atomic mass is 32.1. The van der Waals surface area contributed by atoms with Crippen molar-refractivity contribution >= 4 is 23.2 Å². The molecule has 2 heterocycles. The summed E-state index contributed by atoms with van der Waals surface area (Å²) in [5, 5.41) is 0. The minimum Gasteiger partial charge on any atom is -0.335 e. The first-order valence-electron chi connectivity index (χ1n) is 9.49. The summed E-state index contributed by atoms with van der Waals surface area (Å²) in [5.41, 5.74) is 1.75. The Hall–Kier alpha value is -2.21. The summed E-state index contributed by atoms with van der Waals surface area (Å²) in [6.07, 6.45) is 3.03. The molecule has 0 saturated carbocycles. The van der Waals surface area contributed by atoms with Crippen LogP contribution in [-0.4, -0.2) is 47.8 Å². The highest BCUT2D eigenvalue weighted by Crippen LogP contribution is 2.26. The molecule has 1 aromatic heterocycles. The molecular formula is C21H25FN2O2S. The average molecular weight is 389 g/mol. The number of benzene rings is 1. The predicted octanol–water partition coefficient (Wildman–Crippen LogP) is 4.00. The largest absolute Gasteiger partial charge is 0.335 e. The van der Waals surface area contributed by atoms with Gasteiger partial charge in [0.25, 0.3) is 11.8 Å². The maximum absolute atomic E-state index is 13.0. The highest BCUT2D eigenvalue weighted by Gasteiger charge is 2.26. The van der Waals surface area contributed by atoms with Gasteiger partial charge in [-0.05, 0) is 48.7 Å². The van der Waals surface area contributed by atoms with Crippen LogP contribution in [0.3, 0.4) is 0 Å². The fourth-order valence-electron chi connectivity index (χ4n) is 3.35. The van der Waals surface area contributed by atoms with Gasteiger partial charge in [0.15, 0.2) is 0 Å². The van der Waals surface area contributed by atoms with Gasteiger partial charge in [-0.25, -0.2) is 4.39 Å². The Labute approximate surface area is 163 Å². The Kier molecular flexibility index (Phi) is 6.26. The molecule has 0 spiro atoms. The summed E-state index contributed by atoms with van der Waals surface area (Å²) in [7, 11) is 0. The number of carbonyl (C=O) groups excluding carboxylic acids is 2. The van der Waals surface area contributed by atoms with Crippen molar-refractivity contribution in [2.45, 2.75) is 33.1 Å². The zero-order valence-electron chi connectivity index (χ0n) is 15.8. The van der Waals surface area contributed by atoms with Crippen LogP contribution in [0.15, 0.2) is 30.3 Å². The van der Waals surface area contributed by atoms with Gasteiger partial charge in [0.1, 0.15) is 5.82 Å². The van der Waals surface area contributed by atoms with E-state index in [0.29, 0.717) is 31.7 Å². The molecule has 2 aromatic rings. The zero-order valence-corrected chi connectivity index (χ0v) is 16.7. The molecule has 1 saturated heterocycles. The van der Waals surface area contributed by atoms with E-state index in [-0.39, 0.29) is 17.6 Å². The van der Waals surface area contributed by atoms with Crippen LogP contribution in [0.4, 0.5) is 4.39 Å². The van der Waals surface area contributed by atoms with Crippen LogP contribution in [-0.2, 0) is 12.8 Å². The fraction of sp³-hybridized carbons (Fsp3) is 0.429. The van der Waals surface area contributed by atoms with E-state index in [1.807, 2.05) is 11.0 Å². The van der Waals surface area contributed by atoms with Crippen molar-refractivity contribution in [2.75, 3.05) is 26.2 Å². The van der Waals surface area contributed by atoms with Gasteiger partial charge in [0.2, 0.25) is 0 Å². The molecule has 1 aliphatic rings. The topological polar surface area (TPSA) is 40.6 Å². The van der Waals surface area contributed by atoms with Crippen molar-refractivity contribution in [1.82, 2.24) is 9.80 Å². The van der Waals surface area contributed by atoms with E-state index in [2.05, 4.69) is 13.8 Å². The third-order valence-electron chi connectivity index (χ3n) is 4.91. The molecule has 1 aliphatic heterocycles. The minimum absolute atomic E-state index is 0.0611. The lowest BCUT2D eigenvalue weighted by atomic mass is 10.1. The third-order valence-corrected chi connectivity index (χ3v) is 6.14. The number of hydrogen-bond donors (Lipinski definition) is 0. The van der Waals surface area contributed by atoms with Crippen LogP contribution >= 0.6 is 11.3 Å². The highest BCUT2D eigenvalue weighted by molar-refractivity contribution is 7.14. The molecule has 1 aromatic carbocycles. The SMILES string of the molecule is CCCc1sc(C(=O)N2CCN(C(=O)c3ccc(F)cc3)CC2)cc1CC. The van der Waals surface area contributed by atoms with Gasteiger partial charge in [-0.2, -0.15) is 0 Å². The predicted molar refractivity (Wildman–Crippen MR) is 106 cm³/mol. The number of nitrogens with zero attached hydrogens (tertiary/aromatic N) is 2. The lowest BCUT2D eigenvalue weighted by Crippen LogP contribution is -2.50. The van der Waals surface area contributed by atoms with E-state index < -0.39 is 0 Å². The number of carbonyl (C=O) groups is 2. The Morgan fingerprint density at radius 1 is 1.00 bits per heavy atom. The van der Waals surface area contributed by atoms with E-state index in [1.54, 1.807) is 16.2 Å². The second-order valence-electron chi connectivity index (χ2n) is 6.75. The molecular weight excluding hydrogens is 363 g/mol. The smallest absolute Gasteiger partial charge is 0.264 e. The number of amides is 2. The Bertz CT molecular complexity index is 808. The van der Waals surface area contributed by atoms with Crippen molar-refractivity contribution in [3.63, 3.8) is 0 Å². The van der Waals surface area contributed by atoms with Crippen LogP contribution < -0.4 is 0 Å². The summed E-state index contributed by atoms with van der Waals surface area (Å²) in [5.74, 6) is -0.408. The molecule has 27 heavy (non-hydrogen) atoms. The van der Waals surface area contributed by atoms with Crippen molar-refractivity contribution in [3.8, 4) is 0 Å². The second kappa shape index (κ2) is 8.65. The van der Waals surface area contributed by atoms with Gasteiger partial charge in [-0.1, -0.05) is 20.3 Å². The molecule has 0 bridgehead atoms. The van der Waals surface area contributed by atoms with Crippen LogP contribution in [0.25, 0.3) is 0 Å². The molecule has 0 aliphatic carbocycles. The number of halogens is 1. The summed E-state index contributed by atoms with van der Waals surface area (Å²) in [4.78, 5) is 31.0. The summed E-state index contributed by atoms with van der Waals surface area (Å²) in [6, 6.07) is 7.63. The molecule has 0 radical (unpaired) electrons. The van der Waals surface area contributed by atoms with Gasteiger partial charge in [0, 0.05) is 36.6 Å². The lowest BCUT2D eigenvalue weighted by molar-refractivity contribution is 0.0538. The van der Waals surface area contributed by atoms with Gasteiger partial charge in [0.05, 0.1) is 4.88 Å². The maximum Gasteiger partial charge on any atom is 0.264 e. The molecule has 4 nitrogen and oxygen atoms in total. The van der Waals surface area contributed by atoms with Crippen molar-refractivity contribution in [1.29, 1.82) is 0 Å².